The van der Waals surface area contributed by atoms with Crippen LogP contribution in [0.4, 0.5) is 13.2 Å². The highest BCUT2D eigenvalue weighted by molar-refractivity contribution is 6.31. The molecule has 2 aromatic carbocycles. The SMILES string of the molecule is CCCCO[C@@H]1[C@@H](OCCCC)[C@@]2(c3ccc(Cl)c(Cc4ccc(OCC(F)(F)F)cc4)c3)OC[C@](C=O)(O2)[C@H]1OCCCC. The number of alkyl halides is 3. The smallest absolute Gasteiger partial charge is 0.422 e. The van der Waals surface area contributed by atoms with Crippen LogP contribution in [-0.2, 0) is 40.7 Å². The first-order valence-electron chi connectivity index (χ1n) is 15.8. The Balaban J connectivity index is 1.68. The molecule has 2 heterocycles. The Hall–Kier alpha value is -2.21. The molecule has 0 aromatic heterocycles. The highest BCUT2D eigenvalue weighted by atomic mass is 35.5. The van der Waals surface area contributed by atoms with E-state index in [2.05, 4.69) is 20.8 Å². The number of fused-ring (bicyclic) bond motifs is 2. The van der Waals surface area contributed by atoms with Crippen LogP contribution < -0.4 is 4.74 Å². The van der Waals surface area contributed by atoms with Gasteiger partial charge in [0.05, 0.1) is 6.61 Å². The standard InChI is InChI=1S/C34H44ClF3O7/c1-4-7-16-40-29-30(41-17-8-5-2)32(21-39)22-44-34(45-32,31(29)42-18-9-6-3)26-12-15-28(35)25(20-26)19-24-10-13-27(14-11-24)43-23-33(36,37)38/h10-15,20-21,29-31H,4-9,16-19,22-23H2,1-3H3/t29-,30-,31+,32-,34-/m0/s1. The maximum absolute atomic E-state index is 12.8. The van der Waals surface area contributed by atoms with Crippen LogP contribution in [0.1, 0.15) is 76.0 Å². The van der Waals surface area contributed by atoms with E-state index < -0.39 is 42.5 Å². The number of unbranched alkanes of at least 4 members (excludes halogenated alkanes) is 3. The van der Waals surface area contributed by atoms with E-state index >= 15 is 0 Å². The quantitative estimate of drug-likeness (QED) is 0.121. The average Bonchev–Trinajstić information content (AvgIpc) is 3.38. The van der Waals surface area contributed by atoms with E-state index in [1.54, 1.807) is 24.3 Å². The number of hydrogen-bond donors (Lipinski definition) is 0. The fourth-order valence-electron chi connectivity index (χ4n) is 5.63. The van der Waals surface area contributed by atoms with Gasteiger partial charge in [-0.3, -0.25) is 4.79 Å². The Bertz CT molecular complexity index is 1230. The lowest BCUT2D eigenvalue weighted by Crippen LogP contribution is -2.67. The second kappa shape index (κ2) is 16.1. The predicted octanol–water partition coefficient (Wildman–Crippen LogP) is 7.58. The van der Waals surface area contributed by atoms with Crippen LogP contribution in [0.15, 0.2) is 42.5 Å². The van der Waals surface area contributed by atoms with Gasteiger partial charge >= 0.3 is 6.18 Å². The van der Waals surface area contributed by atoms with Crippen molar-refractivity contribution in [3.8, 4) is 5.75 Å². The molecule has 0 radical (unpaired) electrons. The van der Waals surface area contributed by atoms with Crippen molar-refractivity contribution in [3.05, 3.63) is 64.2 Å². The largest absolute Gasteiger partial charge is 0.484 e. The fraction of sp³-hybridized carbons (Fsp3) is 0.618. The maximum Gasteiger partial charge on any atom is 0.422 e. The van der Waals surface area contributed by atoms with E-state index in [4.69, 9.17) is 40.0 Å². The van der Waals surface area contributed by atoms with Crippen molar-refractivity contribution in [3.63, 3.8) is 0 Å². The van der Waals surface area contributed by atoms with Crippen LogP contribution in [0, 0.1) is 0 Å². The Labute approximate surface area is 268 Å². The van der Waals surface area contributed by atoms with Crippen LogP contribution >= 0.6 is 11.6 Å². The number of ether oxygens (including phenoxy) is 6. The minimum Gasteiger partial charge on any atom is -0.484 e. The van der Waals surface area contributed by atoms with Gasteiger partial charge in [-0.15, -0.1) is 0 Å². The van der Waals surface area contributed by atoms with Gasteiger partial charge in [0, 0.05) is 30.4 Å². The summed E-state index contributed by atoms with van der Waals surface area (Å²) < 4.78 is 75.0. The van der Waals surface area contributed by atoms with E-state index in [1.807, 2.05) is 6.07 Å². The van der Waals surface area contributed by atoms with Crippen LogP contribution in [-0.4, -0.2) is 69.4 Å². The lowest BCUT2D eigenvalue weighted by molar-refractivity contribution is -0.337. The molecule has 0 unspecified atom stereocenters. The molecule has 2 aliphatic rings. The molecule has 5 atom stereocenters. The van der Waals surface area contributed by atoms with E-state index in [-0.39, 0.29) is 12.4 Å². The predicted molar refractivity (Wildman–Crippen MR) is 164 cm³/mol. The average molecular weight is 657 g/mol. The van der Waals surface area contributed by atoms with Gasteiger partial charge in [-0.25, -0.2) is 0 Å². The van der Waals surface area contributed by atoms with Gasteiger partial charge in [0.15, 0.2) is 18.5 Å². The van der Waals surface area contributed by atoms with Gasteiger partial charge in [0.1, 0.15) is 24.1 Å². The van der Waals surface area contributed by atoms with Crippen molar-refractivity contribution < 1.29 is 46.4 Å². The number of carbonyl (C=O) groups excluding carboxylic acids is 1. The minimum atomic E-state index is -4.42. The van der Waals surface area contributed by atoms with Crippen molar-refractivity contribution in [1.82, 2.24) is 0 Å². The summed E-state index contributed by atoms with van der Waals surface area (Å²) in [5.74, 6) is -1.35. The molecule has 0 saturated carbocycles. The molecule has 11 heteroatoms. The van der Waals surface area contributed by atoms with Gasteiger partial charge < -0.3 is 28.4 Å². The topological polar surface area (TPSA) is 72.5 Å². The monoisotopic (exact) mass is 656 g/mol. The van der Waals surface area contributed by atoms with Gasteiger partial charge in [0.25, 0.3) is 0 Å². The van der Waals surface area contributed by atoms with E-state index in [9.17, 15) is 18.0 Å². The zero-order valence-corrected chi connectivity index (χ0v) is 27.0. The second-order valence-corrected chi connectivity index (χ2v) is 12.0. The number of rotatable bonds is 18. The highest BCUT2D eigenvalue weighted by Crippen LogP contribution is 2.52. The van der Waals surface area contributed by atoms with Gasteiger partial charge in [-0.05, 0) is 61.1 Å². The lowest BCUT2D eigenvalue weighted by atomic mass is 9.83. The first-order valence-corrected chi connectivity index (χ1v) is 16.2. The number of hydrogen-bond acceptors (Lipinski definition) is 7. The third-order valence-corrected chi connectivity index (χ3v) is 8.44. The number of halogens is 4. The van der Waals surface area contributed by atoms with Crippen LogP contribution in [0.2, 0.25) is 5.02 Å². The molecule has 2 fully saturated rings. The van der Waals surface area contributed by atoms with Crippen LogP contribution in [0.3, 0.4) is 0 Å². The molecule has 2 saturated heterocycles. The summed E-state index contributed by atoms with van der Waals surface area (Å²) >= 11 is 6.65. The number of aldehydes is 1. The molecule has 2 bridgehead atoms. The molecule has 250 valence electrons. The molecule has 4 rings (SSSR count). The minimum absolute atomic E-state index is 0.0358. The molecular weight excluding hydrogens is 613 g/mol. The third kappa shape index (κ3) is 8.58. The van der Waals surface area contributed by atoms with E-state index in [1.165, 1.54) is 12.1 Å². The third-order valence-electron chi connectivity index (χ3n) is 8.07. The van der Waals surface area contributed by atoms with Crippen LogP contribution in [0.25, 0.3) is 0 Å². The van der Waals surface area contributed by atoms with Gasteiger partial charge in [0.2, 0.25) is 5.79 Å². The van der Waals surface area contributed by atoms with Crippen molar-refractivity contribution in [2.75, 3.05) is 33.0 Å². The summed E-state index contributed by atoms with van der Waals surface area (Å²) in [6, 6.07) is 11.8. The highest BCUT2D eigenvalue weighted by Gasteiger charge is 2.69. The Morgan fingerprint density at radius 2 is 1.53 bits per heavy atom. The summed E-state index contributed by atoms with van der Waals surface area (Å²) in [7, 11) is 0. The molecule has 0 N–H and O–H groups in total. The van der Waals surface area contributed by atoms with Crippen molar-refractivity contribution in [1.29, 1.82) is 0 Å². The fourth-order valence-corrected chi connectivity index (χ4v) is 5.81. The van der Waals surface area contributed by atoms with Gasteiger partial charge in [-0.2, -0.15) is 13.2 Å². The molecule has 7 nitrogen and oxygen atoms in total. The molecule has 0 aliphatic carbocycles. The summed E-state index contributed by atoms with van der Waals surface area (Å²) in [6.07, 6.45) is -0.168. The summed E-state index contributed by atoms with van der Waals surface area (Å²) in [5, 5.41) is 0.489. The number of carbonyl (C=O) groups is 1. The summed E-state index contributed by atoms with van der Waals surface area (Å²) in [5.41, 5.74) is 0.765. The first kappa shape index (κ1) is 35.6. The molecule has 0 amide bonds. The van der Waals surface area contributed by atoms with Crippen LogP contribution in [0.5, 0.6) is 5.75 Å². The zero-order valence-electron chi connectivity index (χ0n) is 26.2. The van der Waals surface area contributed by atoms with Crippen molar-refractivity contribution in [2.24, 2.45) is 0 Å². The molecule has 2 aromatic rings. The molecule has 2 aliphatic heterocycles. The molecule has 45 heavy (non-hydrogen) atoms. The normalized spacial score (nSPS) is 26.2. The van der Waals surface area contributed by atoms with E-state index in [0.29, 0.717) is 36.8 Å². The Kier molecular flexibility index (Phi) is 12.7. The molecule has 0 spiro atoms. The van der Waals surface area contributed by atoms with Crippen molar-refractivity contribution >= 4 is 17.9 Å². The maximum atomic E-state index is 12.8. The summed E-state index contributed by atoms with van der Waals surface area (Å²) in [6.45, 7) is 6.16. The summed E-state index contributed by atoms with van der Waals surface area (Å²) in [4.78, 5) is 12.8. The first-order chi connectivity index (χ1) is 21.6. The van der Waals surface area contributed by atoms with E-state index in [0.717, 1.165) is 55.9 Å². The molecular formula is C34H44ClF3O7. The zero-order chi connectivity index (χ0) is 32.5. The lowest BCUT2D eigenvalue weighted by Gasteiger charge is -2.49. The Morgan fingerprint density at radius 1 is 0.911 bits per heavy atom. The van der Waals surface area contributed by atoms with Gasteiger partial charge in [-0.1, -0.05) is 69.8 Å². The Morgan fingerprint density at radius 3 is 2.13 bits per heavy atom. The number of benzene rings is 2. The second-order valence-electron chi connectivity index (χ2n) is 11.6. The van der Waals surface area contributed by atoms with Crippen molar-refractivity contribution in [2.45, 2.75) is 102 Å².